The zero-order valence-electron chi connectivity index (χ0n) is 15.7. The topological polar surface area (TPSA) is 176 Å². The highest BCUT2D eigenvalue weighted by molar-refractivity contribution is 7.99. The summed E-state index contributed by atoms with van der Waals surface area (Å²) < 4.78 is 20.2. The summed E-state index contributed by atoms with van der Waals surface area (Å²) in [6.45, 7) is 1.74. The molecular formula is C17H14N5O6PS-2. The number of aryl methyl sites for hydroxylation is 1. The van der Waals surface area contributed by atoms with Crippen LogP contribution in [0.15, 0.2) is 29.6 Å². The van der Waals surface area contributed by atoms with E-state index in [1.807, 2.05) is 6.07 Å². The van der Waals surface area contributed by atoms with Crippen molar-refractivity contribution in [3.8, 4) is 17.6 Å². The maximum absolute atomic E-state index is 12.2. The van der Waals surface area contributed by atoms with E-state index in [4.69, 9.17) is 10.00 Å². The maximum Gasteiger partial charge on any atom is 0.234 e. The molecule has 13 heteroatoms. The Hall–Kier alpha value is -3.10. The highest BCUT2D eigenvalue weighted by Crippen LogP contribution is 2.38. The molecule has 30 heavy (non-hydrogen) atoms. The van der Waals surface area contributed by atoms with Crippen LogP contribution in [0.25, 0.3) is 11.0 Å². The number of anilines is 1. The van der Waals surface area contributed by atoms with E-state index >= 15 is 0 Å². The van der Waals surface area contributed by atoms with Gasteiger partial charge in [0, 0.05) is 17.3 Å². The molecule has 3 aromatic rings. The first-order valence-electron chi connectivity index (χ1n) is 8.28. The lowest BCUT2D eigenvalue weighted by molar-refractivity contribution is -0.333. The standard InChI is InChI=1S/C17H16N5O6PS/c1-9-11(6-18)19-7-12-16(9)22-17(21-12)30-8-15(23)20-10-3-4-13(27-2)14(5-10)28-29(24,25)26/h3-5,7H,8H2,1-2H3,(H,20,23)(H,21,22)(H2,24,25,26)/p-2. The molecule has 0 radical (unpaired) electrons. The number of benzene rings is 1. The summed E-state index contributed by atoms with van der Waals surface area (Å²) in [5.74, 6) is -0.722. The molecule has 0 aliphatic heterocycles. The van der Waals surface area contributed by atoms with Crippen molar-refractivity contribution in [1.82, 2.24) is 15.0 Å². The van der Waals surface area contributed by atoms with E-state index in [1.54, 1.807) is 6.92 Å². The Bertz CT molecular complexity index is 1200. The van der Waals surface area contributed by atoms with Crippen LogP contribution in [0.5, 0.6) is 11.5 Å². The molecule has 0 aliphatic carbocycles. The third-order valence-corrected chi connectivity index (χ3v) is 5.14. The summed E-state index contributed by atoms with van der Waals surface area (Å²) in [5.41, 5.74) is 2.38. The van der Waals surface area contributed by atoms with Crippen molar-refractivity contribution in [2.45, 2.75) is 12.1 Å². The Morgan fingerprint density at radius 1 is 1.40 bits per heavy atom. The summed E-state index contributed by atoms with van der Waals surface area (Å²) in [6, 6.07) is 5.98. The first-order chi connectivity index (χ1) is 14.2. The van der Waals surface area contributed by atoms with Crippen LogP contribution in [-0.2, 0) is 9.36 Å². The van der Waals surface area contributed by atoms with Crippen molar-refractivity contribution in [3.05, 3.63) is 35.7 Å². The number of hydrogen-bond acceptors (Lipinski definition) is 10. The number of amides is 1. The minimum atomic E-state index is -5.29. The number of aromatic amines is 1. The van der Waals surface area contributed by atoms with Gasteiger partial charge in [-0.15, -0.1) is 0 Å². The second-order valence-corrected chi connectivity index (χ2v) is 7.93. The molecule has 0 fully saturated rings. The molecule has 0 unspecified atom stereocenters. The van der Waals surface area contributed by atoms with Crippen LogP contribution in [0.3, 0.4) is 0 Å². The Morgan fingerprint density at radius 2 is 2.17 bits per heavy atom. The van der Waals surface area contributed by atoms with Crippen LogP contribution in [0.4, 0.5) is 5.69 Å². The largest absolute Gasteiger partial charge is 0.780 e. The lowest BCUT2D eigenvalue weighted by Crippen LogP contribution is -2.19. The fraction of sp³-hybridized carbons (Fsp3) is 0.176. The number of phosphoric ester groups is 1. The molecule has 156 valence electrons. The van der Waals surface area contributed by atoms with E-state index in [1.165, 1.54) is 31.5 Å². The Labute approximate surface area is 174 Å². The number of fused-ring (bicyclic) bond motifs is 1. The molecule has 2 aromatic heterocycles. The van der Waals surface area contributed by atoms with Crippen LogP contribution in [0, 0.1) is 18.3 Å². The Morgan fingerprint density at radius 3 is 2.83 bits per heavy atom. The van der Waals surface area contributed by atoms with Gasteiger partial charge in [-0.3, -0.25) is 4.79 Å². The van der Waals surface area contributed by atoms with Gasteiger partial charge in [0.15, 0.2) is 16.7 Å². The summed E-state index contributed by atoms with van der Waals surface area (Å²) >= 11 is 1.13. The predicted octanol–water partition coefficient (Wildman–Crippen LogP) is 1.08. The molecular weight excluding hydrogens is 433 g/mol. The number of carbonyl (C=O) groups is 1. The molecule has 0 saturated heterocycles. The van der Waals surface area contributed by atoms with Gasteiger partial charge in [0.2, 0.25) is 5.91 Å². The van der Waals surface area contributed by atoms with Crippen molar-refractivity contribution < 1.29 is 28.4 Å². The van der Waals surface area contributed by atoms with Gasteiger partial charge in [0.1, 0.15) is 19.6 Å². The number of imidazole rings is 1. The highest BCUT2D eigenvalue weighted by atomic mass is 32.2. The zero-order chi connectivity index (χ0) is 21.9. The number of nitrogens with one attached hydrogen (secondary N) is 2. The number of nitriles is 1. The fourth-order valence-electron chi connectivity index (χ4n) is 2.54. The number of nitrogens with zero attached hydrogens (tertiary/aromatic N) is 3. The number of aromatic nitrogens is 3. The van der Waals surface area contributed by atoms with Gasteiger partial charge in [-0.05, 0) is 19.1 Å². The molecule has 0 saturated carbocycles. The third kappa shape index (κ3) is 5.08. The van der Waals surface area contributed by atoms with E-state index in [0.29, 0.717) is 21.8 Å². The molecule has 1 aromatic carbocycles. The number of phosphoric acid groups is 1. The number of ether oxygens (including phenoxy) is 1. The van der Waals surface area contributed by atoms with Gasteiger partial charge in [-0.25, -0.2) is 9.97 Å². The quantitative estimate of drug-likeness (QED) is 0.394. The lowest BCUT2D eigenvalue weighted by Gasteiger charge is -2.29. The smallest absolute Gasteiger partial charge is 0.234 e. The molecule has 0 atom stereocenters. The predicted molar refractivity (Wildman–Crippen MR) is 104 cm³/mol. The van der Waals surface area contributed by atoms with E-state index in [-0.39, 0.29) is 28.6 Å². The second kappa shape index (κ2) is 8.73. The first-order valence-corrected chi connectivity index (χ1v) is 10.7. The number of H-pyrrole nitrogens is 1. The lowest BCUT2D eigenvalue weighted by atomic mass is 10.2. The van der Waals surface area contributed by atoms with Crippen molar-refractivity contribution in [2.24, 2.45) is 0 Å². The highest BCUT2D eigenvalue weighted by Gasteiger charge is 2.13. The summed E-state index contributed by atoms with van der Waals surface area (Å²) in [4.78, 5) is 45.4. The third-order valence-electron chi connectivity index (χ3n) is 3.85. The molecule has 0 bridgehead atoms. The van der Waals surface area contributed by atoms with E-state index in [2.05, 4.69) is 24.8 Å². The van der Waals surface area contributed by atoms with Gasteiger partial charge < -0.3 is 33.9 Å². The molecule has 2 heterocycles. The molecule has 3 rings (SSSR count). The minimum Gasteiger partial charge on any atom is -0.780 e. The SMILES string of the molecule is COc1ccc(NC(=O)CSc2nc3c(C)c(C#N)ncc3[nH]2)cc1OP(=O)([O-])[O-]. The van der Waals surface area contributed by atoms with Gasteiger partial charge >= 0.3 is 0 Å². The monoisotopic (exact) mass is 447 g/mol. The average Bonchev–Trinajstić information content (AvgIpc) is 3.10. The molecule has 0 spiro atoms. The Balaban J connectivity index is 1.68. The van der Waals surface area contributed by atoms with Crippen molar-refractivity contribution in [1.29, 1.82) is 5.26 Å². The molecule has 11 nitrogen and oxygen atoms in total. The van der Waals surface area contributed by atoms with Gasteiger partial charge in [0.25, 0.3) is 0 Å². The molecule has 1 amide bonds. The maximum atomic E-state index is 12.2. The average molecular weight is 447 g/mol. The van der Waals surface area contributed by atoms with Crippen LogP contribution >= 0.6 is 19.6 Å². The number of rotatable bonds is 7. The summed E-state index contributed by atoms with van der Waals surface area (Å²) in [7, 11) is -4.01. The van der Waals surface area contributed by atoms with Gasteiger partial charge in [-0.1, -0.05) is 11.8 Å². The number of carbonyl (C=O) groups excluding carboxylic acids is 1. The van der Waals surface area contributed by atoms with Gasteiger partial charge in [0.05, 0.1) is 30.1 Å². The van der Waals surface area contributed by atoms with Crippen LogP contribution in [-0.4, -0.2) is 33.7 Å². The van der Waals surface area contributed by atoms with Crippen molar-refractivity contribution >= 4 is 42.2 Å². The van der Waals surface area contributed by atoms with Crippen LogP contribution < -0.4 is 24.4 Å². The number of hydrogen-bond donors (Lipinski definition) is 2. The Kier molecular flexibility index (Phi) is 6.28. The molecule has 0 aliphatic rings. The van der Waals surface area contributed by atoms with Crippen molar-refractivity contribution in [2.75, 3.05) is 18.2 Å². The van der Waals surface area contributed by atoms with E-state index in [0.717, 1.165) is 11.8 Å². The number of methoxy groups -OCH3 is 1. The number of thioether (sulfide) groups is 1. The second-order valence-electron chi connectivity index (χ2n) is 5.89. The summed E-state index contributed by atoms with van der Waals surface area (Å²) in [6.07, 6.45) is 1.50. The van der Waals surface area contributed by atoms with Crippen LogP contribution in [0.2, 0.25) is 0 Å². The van der Waals surface area contributed by atoms with Gasteiger partial charge in [-0.2, -0.15) is 5.26 Å². The first kappa shape index (κ1) is 21.6. The fourth-order valence-corrected chi connectivity index (χ4v) is 3.60. The normalized spacial score (nSPS) is 11.2. The van der Waals surface area contributed by atoms with E-state index in [9.17, 15) is 19.1 Å². The van der Waals surface area contributed by atoms with Crippen molar-refractivity contribution in [3.63, 3.8) is 0 Å². The summed E-state index contributed by atoms with van der Waals surface area (Å²) in [5, 5.41) is 12.1. The van der Waals surface area contributed by atoms with Crippen LogP contribution in [0.1, 0.15) is 11.3 Å². The molecule has 2 N–H and O–H groups in total. The number of pyridine rings is 1. The van der Waals surface area contributed by atoms with E-state index < -0.39 is 13.7 Å². The zero-order valence-corrected chi connectivity index (χ0v) is 17.4. The minimum absolute atomic E-state index is 0.0127.